The van der Waals surface area contributed by atoms with Gasteiger partial charge in [0.1, 0.15) is 18.1 Å². The highest BCUT2D eigenvalue weighted by Crippen LogP contribution is 2.12. The summed E-state index contributed by atoms with van der Waals surface area (Å²) in [6.45, 7) is 6.20. The maximum Gasteiger partial charge on any atom is 0.191 e. The predicted molar refractivity (Wildman–Crippen MR) is 139 cm³/mol. The molecule has 2 N–H and O–H groups in total. The van der Waals surface area contributed by atoms with Gasteiger partial charge in [0.25, 0.3) is 0 Å². The van der Waals surface area contributed by atoms with Crippen LogP contribution in [0.15, 0.2) is 29.3 Å². The molecular formula is C23H37IN6O3. The van der Waals surface area contributed by atoms with Gasteiger partial charge in [-0.2, -0.15) is 0 Å². The minimum absolute atomic E-state index is 0. The van der Waals surface area contributed by atoms with Crippen LogP contribution in [-0.4, -0.2) is 66.8 Å². The molecule has 1 saturated heterocycles. The molecule has 9 nitrogen and oxygen atoms in total. The molecule has 1 atom stereocenters. The molecule has 1 aromatic heterocycles. The molecule has 0 amide bonds. The van der Waals surface area contributed by atoms with Gasteiger partial charge in [0.2, 0.25) is 0 Å². The molecular weight excluding hydrogens is 535 g/mol. The summed E-state index contributed by atoms with van der Waals surface area (Å²) in [6.07, 6.45) is 4.31. The fourth-order valence-electron chi connectivity index (χ4n) is 3.40. The third kappa shape index (κ3) is 9.46. The topological polar surface area (TPSA) is 94.8 Å². The standard InChI is InChI=1S/C23H36N6O3.HI/c1-18-27-28-22(29(18)2)16-26-23(24-12-5-14-31-17-21-6-4-15-32-21)25-13-11-19-7-9-20(30-3)10-8-19;/h7-10,21H,4-6,11-17H2,1-3H3,(H2,24,25,26);1H. The molecule has 184 valence electrons. The Kier molecular flexibility index (Phi) is 12.5. The van der Waals surface area contributed by atoms with E-state index in [9.17, 15) is 0 Å². The van der Waals surface area contributed by atoms with Gasteiger partial charge in [-0.15, -0.1) is 34.2 Å². The molecule has 33 heavy (non-hydrogen) atoms. The first-order valence-corrected chi connectivity index (χ1v) is 11.3. The molecule has 0 radical (unpaired) electrons. The van der Waals surface area contributed by atoms with Crippen LogP contribution in [0.5, 0.6) is 5.75 Å². The third-order valence-corrected chi connectivity index (χ3v) is 5.51. The van der Waals surface area contributed by atoms with Gasteiger partial charge >= 0.3 is 0 Å². The van der Waals surface area contributed by atoms with Crippen LogP contribution >= 0.6 is 24.0 Å². The first-order valence-electron chi connectivity index (χ1n) is 11.3. The summed E-state index contributed by atoms with van der Waals surface area (Å²) in [7, 11) is 3.63. The van der Waals surface area contributed by atoms with Gasteiger partial charge < -0.3 is 29.4 Å². The summed E-state index contributed by atoms with van der Waals surface area (Å²) in [5.41, 5.74) is 1.24. The summed E-state index contributed by atoms with van der Waals surface area (Å²) < 4.78 is 18.5. The van der Waals surface area contributed by atoms with E-state index in [0.29, 0.717) is 19.8 Å². The molecule has 1 unspecified atom stereocenters. The van der Waals surface area contributed by atoms with Crippen LogP contribution in [0.4, 0.5) is 0 Å². The molecule has 1 aromatic carbocycles. The van der Waals surface area contributed by atoms with Crippen LogP contribution < -0.4 is 15.4 Å². The number of halogens is 1. The van der Waals surface area contributed by atoms with Gasteiger partial charge in [-0.1, -0.05) is 12.1 Å². The maximum absolute atomic E-state index is 5.75. The lowest BCUT2D eigenvalue weighted by Crippen LogP contribution is -2.39. The maximum atomic E-state index is 5.75. The van der Waals surface area contributed by atoms with Crippen molar-refractivity contribution in [3.63, 3.8) is 0 Å². The van der Waals surface area contributed by atoms with Gasteiger partial charge in [-0.25, -0.2) is 4.99 Å². The molecule has 0 spiro atoms. The Morgan fingerprint density at radius 3 is 2.67 bits per heavy atom. The molecule has 2 heterocycles. The fraction of sp³-hybridized carbons (Fsp3) is 0.609. The van der Waals surface area contributed by atoms with Gasteiger partial charge in [0, 0.05) is 33.4 Å². The molecule has 0 bridgehead atoms. The molecule has 1 fully saturated rings. The third-order valence-electron chi connectivity index (χ3n) is 5.51. The number of rotatable bonds is 12. The van der Waals surface area contributed by atoms with Crippen LogP contribution in [-0.2, 0) is 29.5 Å². The second-order valence-corrected chi connectivity index (χ2v) is 7.90. The number of aliphatic imine (C=N–C) groups is 1. The predicted octanol–water partition coefficient (Wildman–Crippen LogP) is 2.61. The zero-order valence-corrected chi connectivity index (χ0v) is 22.2. The average Bonchev–Trinajstić information content (AvgIpc) is 3.44. The normalized spacial score (nSPS) is 15.8. The van der Waals surface area contributed by atoms with Crippen LogP contribution in [0.25, 0.3) is 0 Å². The van der Waals surface area contributed by atoms with E-state index in [-0.39, 0.29) is 30.1 Å². The zero-order valence-electron chi connectivity index (χ0n) is 19.9. The smallest absolute Gasteiger partial charge is 0.191 e. The zero-order chi connectivity index (χ0) is 22.6. The number of methoxy groups -OCH3 is 1. The average molecular weight is 572 g/mol. The van der Waals surface area contributed by atoms with E-state index in [0.717, 1.165) is 68.7 Å². The van der Waals surface area contributed by atoms with Crippen molar-refractivity contribution >= 4 is 29.9 Å². The number of hydrogen-bond acceptors (Lipinski definition) is 6. The van der Waals surface area contributed by atoms with Crippen molar-refractivity contribution in [2.24, 2.45) is 12.0 Å². The van der Waals surface area contributed by atoms with Gasteiger partial charge in [-0.3, -0.25) is 0 Å². The van der Waals surface area contributed by atoms with Crippen molar-refractivity contribution in [3.05, 3.63) is 41.5 Å². The Balaban J connectivity index is 0.00000385. The molecule has 1 aliphatic heterocycles. The Labute approximate surface area is 213 Å². The molecule has 3 rings (SSSR count). The van der Waals surface area contributed by atoms with E-state index in [4.69, 9.17) is 19.2 Å². The monoisotopic (exact) mass is 572 g/mol. The number of nitrogens with zero attached hydrogens (tertiary/aromatic N) is 4. The Morgan fingerprint density at radius 1 is 1.21 bits per heavy atom. The summed E-state index contributed by atoms with van der Waals surface area (Å²) in [5.74, 6) is 3.34. The fourth-order valence-corrected chi connectivity index (χ4v) is 3.40. The highest BCUT2D eigenvalue weighted by atomic mass is 127. The van der Waals surface area contributed by atoms with E-state index >= 15 is 0 Å². The number of ether oxygens (including phenoxy) is 3. The Morgan fingerprint density at radius 2 is 2.00 bits per heavy atom. The second kappa shape index (κ2) is 15.1. The summed E-state index contributed by atoms with van der Waals surface area (Å²) in [4.78, 5) is 4.70. The summed E-state index contributed by atoms with van der Waals surface area (Å²) in [6, 6.07) is 8.13. The molecule has 0 aliphatic carbocycles. The van der Waals surface area contributed by atoms with E-state index in [2.05, 4.69) is 33.0 Å². The Hall–Kier alpha value is -1.92. The number of guanidine groups is 1. The highest BCUT2D eigenvalue weighted by molar-refractivity contribution is 14.0. The van der Waals surface area contributed by atoms with Crippen molar-refractivity contribution in [1.82, 2.24) is 25.4 Å². The van der Waals surface area contributed by atoms with Crippen molar-refractivity contribution in [1.29, 1.82) is 0 Å². The SMILES string of the molecule is COc1ccc(CCNC(=NCc2nnc(C)n2C)NCCCOCC2CCCO2)cc1.I. The van der Waals surface area contributed by atoms with E-state index in [1.165, 1.54) is 5.56 Å². The first kappa shape index (κ1) is 27.3. The summed E-state index contributed by atoms with van der Waals surface area (Å²) >= 11 is 0. The second-order valence-electron chi connectivity index (χ2n) is 7.90. The number of benzene rings is 1. The Bertz CT molecular complexity index is 837. The largest absolute Gasteiger partial charge is 0.497 e. The van der Waals surface area contributed by atoms with Crippen molar-refractivity contribution in [3.8, 4) is 5.75 Å². The van der Waals surface area contributed by atoms with Crippen LogP contribution in [0.2, 0.25) is 0 Å². The van der Waals surface area contributed by atoms with E-state index in [1.54, 1.807) is 7.11 Å². The lowest BCUT2D eigenvalue weighted by atomic mass is 10.1. The number of hydrogen-bond donors (Lipinski definition) is 2. The lowest BCUT2D eigenvalue weighted by Gasteiger charge is -2.14. The van der Waals surface area contributed by atoms with Crippen molar-refractivity contribution in [2.75, 3.05) is 40.0 Å². The van der Waals surface area contributed by atoms with Crippen LogP contribution in [0.3, 0.4) is 0 Å². The number of aryl methyl sites for hydroxylation is 1. The number of aromatic nitrogens is 3. The quantitative estimate of drug-likeness (QED) is 0.175. The number of nitrogens with one attached hydrogen (secondary N) is 2. The van der Waals surface area contributed by atoms with E-state index in [1.807, 2.05) is 30.7 Å². The van der Waals surface area contributed by atoms with Gasteiger partial charge in [0.05, 0.1) is 19.8 Å². The lowest BCUT2D eigenvalue weighted by molar-refractivity contribution is 0.0168. The van der Waals surface area contributed by atoms with E-state index < -0.39 is 0 Å². The summed E-state index contributed by atoms with van der Waals surface area (Å²) in [5, 5.41) is 15.1. The molecule has 1 aliphatic rings. The molecule has 0 saturated carbocycles. The van der Waals surface area contributed by atoms with Crippen molar-refractivity contribution in [2.45, 2.75) is 45.3 Å². The minimum Gasteiger partial charge on any atom is -0.497 e. The highest BCUT2D eigenvalue weighted by Gasteiger charge is 2.15. The van der Waals surface area contributed by atoms with Crippen LogP contribution in [0, 0.1) is 6.92 Å². The first-order chi connectivity index (χ1) is 15.7. The van der Waals surface area contributed by atoms with Gasteiger partial charge in [0.15, 0.2) is 11.8 Å². The minimum atomic E-state index is 0. The van der Waals surface area contributed by atoms with Gasteiger partial charge in [-0.05, 0) is 50.3 Å². The molecule has 10 heteroatoms. The van der Waals surface area contributed by atoms with Crippen molar-refractivity contribution < 1.29 is 14.2 Å². The van der Waals surface area contributed by atoms with Crippen LogP contribution in [0.1, 0.15) is 36.5 Å². The molecule has 2 aromatic rings.